The Morgan fingerprint density at radius 2 is 0.974 bits per heavy atom. The van der Waals surface area contributed by atoms with Crippen LogP contribution in [0.1, 0.15) is 0 Å². The van der Waals surface area contributed by atoms with Gasteiger partial charge in [0.1, 0.15) is 34.5 Å². The molecule has 196 valence electrons. The molecule has 0 bridgehead atoms. The number of ether oxygens (including phenoxy) is 2. The first kappa shape index (κ1) is 27.7. The second-order valence-electron chi connectivity index (χ2n) is 8.70. The van der Waals surface area contributed by atoms with Gasteiger partial charge in [0.2, 0.25) is 0 Å². The number of benzene rings is 5. The first-order chi connectivity index (χ1) is 18.8. The van der Waals surface area contributed by atoms with Crippen LogP contribution in [0.15, 0.2) is 106 Å². The minimum absolute atomic E-state index is 0.245. The number of rotatable bonds is 5. The summed E-state index contributed by atoms with van der Waals surface area (Å²) in [6.45, 7) is 0. The van der Waals surface area contributed by atoms with Crippen molar-refractivity contribution in [2.75, 3.05) is 0 Å². The van der Waals surface area contributed by atoms with Crippen LogP contribution in [0.2, 0.25) is 0 Å². The first-order valence-electron chi connectivity index (χ1n) is 11.6. The van der Waals surface area contributed by atoms with Crippen molar-refractivity contribution in [3.63, 3.8) is 0 Å². The second-order valence-corrected chi connectivity index (χ2v) is 15.5. The van der Waals surface area contributed by atoms with E-state index in [1.54, 1.807) is 12.1 Å². The van der Waals surface area contributed by atoms with Crippen molar-refractivity contribution in [1.29, 1.82) is 0 Å². The highest BCUT2D eigenvalue weighted by Crippen LogP contribution is 2.63. The monoisotopic (exact) mass is 982 g/mol. The van der Waals surface area contributed by atoms with Crippen LogP contribution in [-0.4, -0.2) is 10.2 Å². The molecule has 0 unspecified atom stereocenters. The summed E-state index contributed by atoms with van der Waals surface area (Å²) in [4.78, 5) is 3.85. The molecule has 0 radical (unpaired) electrons. The third-order valence-electron chi connectivity index (χ3n) is 6.18. The highest BCUT2D eigenvalue weighted by atomic mass is 127. The van der Waals surface area contributed by atoms with Gasteiger partial charge in [0.05, 0.1) is 14.3 Å². The minimum atomic E-state index is -0.729. The van der Waals surface area contributed by atoms with Gasteiger partial charge < -0.3 is 19.7 Å². The zero-order chi connectivity index (χ0) is 27.3. The molecule has 2 N–H and O–H groups in total. The van der Waals surface area contributed by atoms with Crippen LogP contribution in [-0.2, 0) is 0 Å². The van der Waals surface area contributed by atoms with Gasteiger partial charge in [-0.2, -0.15) is 10.9 Å². The van der Waals surface area contributed by atoms with Crippen LogP contribution in [0.4, 0.5) is 0 Å². The van der Waals surface area contributed by atoms with Crippen molar-refractivity contribution in [3.8, 4) is 45.6 Å². The number of halogens is 4. The Hall–Kier alpha value is -1.43. The third kappa shape index (κ3) is 5.57. The van der Waals surface area contributed by atoms with E-state index in [0.717, 1.165) is 36.9 Å². The molecule has 5 aromatic carbocycles. The van der Waals surface area contributed by atoms with Gasteiger partial charge in [0.15, 0.2) is 0 Å². The second kappa shape index (κ2) is 11.4. The Kier molecular flexibility index (Phi) is 8.14. The van der Waals surface area contributed by atoms with E-state index in [0.29, 0.717) is 11.5 Å². The average Bonchev–Trinajstić information content (AvgIpc) is 3.24. The molecule has 4 nitrogen and oxygen atoms in total. The van der Waals surface area contributed by atoms with Crippen LogP contribution in [0.5, 0.6) is 34.5 Å². The van der Waals surface area contributed by atoms with E-state index in [2.05, 4.69) is 139 Å². The SMILES string of the molecule is Oc1cc(I)c(Oc2ccc3c(c2)-c2cc(Oc4cc(I)c(O)cc4I)ccc2[SH]3c2ccccc2)cc1I. The van der Waals surface area contributed by atoms with E-state index in [4.69, 9.17) is 9.47 Å². The molecule has 1 heterocycles. The first-order valence-corrected chi connectivity index (χ1v) is 17.3. The lowest BCUT2D eigenvalue weighted by Gasteiger charge is -2.19. The number of phenols is 2. The fourth-order valence-corrected chi connectivity index (χ4v) is 8.99. The molecule has 9 heteroatoms. The quantitative estimate of drug-likeness (QED) is 0.119. The van der Waals surface area contributed by atoms with Crippen LogP contribution in [0, 0.1) is 14.3 Å². The van der Waals surface area contributed by atoms with Crippen LogP contribution in [0.25, 0.3) is 11.1 Å². The van der Waals surface area contributed by atoms with Crippen molar-refractivity contribution in [2.45, 2.75) is 14.7 Å². The van der Waals surface area contributed by atoms with Crippen LogP contribution in [0.3, 0.4) is 0 Å². The highest BCUT2D eigenvalue weighted by molar-refractivity contribution is 14.1. The maximum atomic E-state index is 10.1. The highest BCUT2D eigenvalue weighted by Gasteiger charge is 2.28. The molecule has 0 fully saturated rings. The molecule has 0 saturated carbocycles. The number of fused-ring (bicyclic) bond motifs is 3. The van der Waals surface area contributed by atoms with Gasteiger partial charge in [-0.1, -0.05) is 18.2 Å². The van der Waals surface area contributed by atoms with E-state index in [9.17, 15) is 10.2 Å². The van der Waals surface area contributed by atoms with Crippen molar-refractivity contribution in [3.05, 3.63) is 105 Å². The van der Waals surface area contributed by atoms with Gasteiger partial charge >= 0.3 is 0 Å². The van der Waals surface area contributed by atoms with Gasteiger partial charge in [-0.25, -0.2) is 0 Å². The summed E-state index contributed by atoms with van der Waals surface area (Å²) in [5.74, 6) is 3.37. The molecule has 0 amide bonds. The Morgan fingerprint density at radius 3 is 1.44 bits per heavy atom. The summed E-state index contributed by atoms with van der Waals surface area (Å²) in [6.07, 6.45) is 0. The smallest absolute Gasteiger partial charge is 0.142 e. The van der Waals surface area contributed by atoms with E-state index in [1.807, 2.05) is 30.3 Å². The Balaban J connectivity index is 1.44. The largest absolute Gasteiger partial charge is 0.507 e. The van der Waals surface area contributed by atoms with Crippen LogP contribution < -0.4 is 9.47 Å². The van der Waals surface area contributed by atoms with Gasteiger partial charge in [0, 0.05) is 9.79 Å². The van der Waals surface area contributed by atoms with E-state index in [1.165, 1.54) is 14.7 Å². The molecule has 0 atom stereocenters. The molecular formula is C30H18I4O4S. The summed E-state index contributed by atoms with van der Waals surface area (Å²) >= 11 is 8.58. The maximum absolute atomic E-state index is 10.1. The maximum Gasteiger partial charge on any atom is 0.142 e. The molecule has 0 aromatic heterocycles. The van der Waals surface area contributed by atoms with Crippen molar-refractivity contribution < 1.29 is 19.7 Å². The van der Waals surface area contributed by atoms with Gasteiger partial charge in [-0.05, 0) is 179 Å². The fraction of sp³-hybridized carbons (Fsp3) is 0. The molecule has 5 aromatic rings. The number of hydrogen-bond acceptors (Lipinski definition) is 4. The van der Waals surface area contributed by atoms with Crippen molar-refractivity contribution in [2.24, 2.45) is 0 Å². The summed E-state index contributed by atoms with van der Waals surface area (Å²) in [5.41, 5.74) is 2.25. The standard InChI is InChI=1S/C30H18I4O4S/c31-21-14-27(23(33)12-25(21)35)37-16-6-8-29-19(10-16)20-11-17(38-28-15-22(32)26(36)13-24(28)34)7-9-30(20)39(29)18-4-2-1-3-5-18/h1-15,35-36,39H. The third-order valence-corrected chi connectivity index (χ3v) is 12.2. The molecular weight excluding hydrogens is 964 g/mol. The normalized spacial score (nSPS) is 12.7. The Morgan fingerprint density at radius 1 is 0.513 bits per heavy atom. The lowest BCUT2D eigenvalue weighted by Crippen LogP contribution is -1.91. The van der Waals surface area contributed by atoms with Crippen molar-refractivity contribution >= 4 is 101 Å². The number of phenolic OH excluding ortho intramolecular Hbond substituents is 2. The molecule has 39 heavy (non-hydrogen) atoms. The molecule has 6 rings (SSSR count). The van der Waals surface area contributed by atoms with Gasteiger partial charge in [0.25, 0.3) is 0 Å². The van der Waals surface area contributed by atoms with Crippen molar-refractivity contribution in [1.82, 2.24) is 0 Å². The predicted molar refractivity (Wildman–Crippen MR) is 189 cm³/mol. The van der Waals surface area contributed by atoms with Gasteiger partial charge in [-0.15, -0.1) is 0 Å². The number of thiol groups is 1. The molecule has 0 spiro atoms. The van der Waals surface area contributed by atoms with Crippen LogP contribution >= 0.6 is 101 Å². The Bertz CT molecular complexity index is 1630. The minimum Gasteiger partial charge on any atom is -0.507 e. The lowest BCUT2D eigenvalue weighted by molar-refractivity contribution is 0.458. The van der Waals surface area contributed by atoms with E-state index >= 15 is 0 Å². The fourth-order valence-electron chi connectivity index (χ4n) is 4.41. The zero-order valence-corrected chi connectivity index (χ0v) is 29.4. The zero-order valence-electron chi connectivity index (χ0n) is 19.8. The van der Waals surface area contributed by atoms with E-state index < -0.39 is 10.9 Å². The summed E-state index contributed by atoms with van der Waals surface area (Å²) in [5, 5.41) is 20.1. The summed E-state index contributed by atoms with van der Waals surface area (Å²) in [6, 6.07) is 30.3. The van der Waals surface area contributed by atoms with Gasteiger partial charge in [-0.3, -0.25) is 0 Å². The molecule has 0 saturated heterocycles. The average molecular weight is 982 g/mol. The predicted octanol–water partition coefficient (Wildman–Crippen LogP) is 10.6. The summed E-state index contributed by atoms with van der Waals surface area (Å²) < 4.78 is 15.8. The number of hydrogen-bond donors (Lipinski definition) is 3. The lowest BCUT2D eigenvalue weighted by atomic mass is 10.1. The number of aromatic hydroxyl groups is 2. The topological polar surface area (TPSA) is 58.9 Å². The summed E-state index contributed by atoms with van der Waals surface area (Å²) in [7, 11) is -0.729. The molecule has 1 aliphatic heterocycles. The Labute approximate surface area is 283 Å². The van der Waals surface area contributed by atoms with E-state index in [-0.39, 0.29) is 11.5 Å². The molecule has 0 aliphatic carbocycles. The molecule has 1 aliphatic rings.